The minimum absolute atomic E-state index is 0.108. The van der Waals surface area contributed by atoms with Crippen molar-refractivity contribution in [2.45, 2.75) is 88.6 Å². The van der Waals surface area contributed by atoms with Gasteiger partial charge in [-0.25, -0.2) is 8.78 Å². The van der Waals surface area contributed by atoms with Crippen molar-refractivity contribution < 1.29 is 38.0 Å². The van der Waals surface area contributed by atoms with Crippen molar-refractivity contribution in [3.05, 3.63) is 42.5 Å². The first-order valence-corrected chi connectivity index (χ1v) is 12.7. The fourth-order valence-corrected chi connectivity index (χ4v) is 4.95. The van der Waals surface area contributed by atoms with Crippen molar-refractivity contribution in [3.63, 3.8) is 0 Å². The minimum Gasteiger partial charge on any atom is -0.487 e. The lowest BCUT2D eigenvalue weighted by atomic mass is 9.86. The third-order valence-corrected chi connectivity index (χ3v) is 6.83. The molecule has 1 aliphatic carbocycles. The van der Waals surface area contributed by atoms with E-state index in [-0.39, 0.29) is 43.5 Å². The van der Waals surface area contributed by atoms with Crippen molar-refractivity contribution in [1.29, 1.82) is 0 Å². The van der Waals surface area contributed by atoms with E-state index in [1.807, 2.05) is 12.2 Å². The number of alkyl halides is 2. The average molecular weight is 497 g/mol. The lowest BCUT2D eigenvalue weighted by molar-refractivity contribution is -0.197. The molecule has 1 aromatic carbocycles. The maximum Gasteiger partial charge on any atom is 0.303 e. The van der Waals surface area contributed by atoms with Crippen molar-refractivity contribution in [1.82, 2.24) is 0 Å². The monoisotopic (exact) mass is 496 g/mol. The van der Waals surface area contributed by atoms with E-state index in [1.165, 1.54) is 0 Å². The van der Waals surface area contributed by atoms with Gasteiger partial charge in [-0.2, -0.15) is 0 Å². The molecule has 196 valence electrons. The van der Waals surface area contributed by atoms with Gasteiger partial charge in [-0.3, -0.25) is 4.79 Å². The van der Waals surface area contributed by atoms with Gasteiger partial charge in [0.15, 0.2) is 12.9 Å². The summed E-state index contributed by atoms with van der Waals surface area (Å²) in [5.41, 5.74) is 0. The lowest BCUT2D eigenvalue weighted by Gasteiger charge is -2.31. The summed E-state index contributed by atoms with van der Waals surface area (Å²) >= 11 is 0. The van der Waals surface area contributed by atoms with Gasteiger partial charge < -0.3 is 24.4 Å². The summed E-state index contributed by atoms with van der Waals surface area (Å²) in [6.45, 7) is -0.0697. The van der Waals surface area contributed by atoms with Gasteiger partial charge in [0, 0.05) is 25.9 Å². The summed E-state index contributed by atoms with van der Waals surface area (Å²) in [6, 6.07) is 8.57. The SMILES string of the molecule is O=C(O)CCC/C=C\C[C@@H]1[C@@H](CCC(F)(F)COc2ccccc2)[C@H](OC2CCCCO2)C[C@H]1O. The number of carboxylic acid groups (broad SMARTS) is 1. The molecule has 6 nitrogen and oxygen atoms in total. The largest absolute Gasteiger partial charge is 0.487 e. The van der Waals surface area contributed by atoms with Gasteiger partial charge in [0.2, 0.25) is 0 Å². The van der Waals surface area contributed by atoms with Gasteiger partial charge in [0.25, 0.3) is 5.92 Å². The molecule has 35 heavy (non-hydrogen) atoms. The Balaban J connectivity index is 1.58. The molecular formula is C27H38F2O6. The maximum atomic E-state index is 14.7. The summed E-state index contributed by atoms with van der Waals surface area (Å²) in [6.07, 6.45) is 7.32. The molecule has 5 atom stereocenters. The number of unbranched alkanes of at least 4 members (excludes halogenated alkanes) is 1. The molecule has 2 aliphatic rings. The number of carbonyl (C=O) groups is 1. The molecule has 0 amide bonds. The van der Waals surface area contributed by atoms with Crippen LogP contribution >= 0.6 is 0 Å². The van der Waals surface area contributed by atoms with E-state index in [4.69, 9.17) is 19.3 Å². The summed E-state index contributed by atoms with van der Waals surface area (Å²) in [5.74, 6) is -3.87. The van der Waals surface area contributed by atoms with Crippen LogP contribution < -0.4 is 4.74 Å². The van der Waals surface area contributed by atoms with E-state index >= 15 is 0 Å². The molecule has 0 radical (unpaired) electrons. The zero-order valence-electron chi connectivity index (χ0n) is 20.2. The van der Waals surface area contributed by atoms with E-state index in [1.54, 1.807) is 30.3 Å². The second-order valence-corrected chi connectivity index (χ2v) is 9.59. The number of para-hydroxylation sites is 1. The van der Waals surface area contributed by atoms with Crippen molar-refractivity contribution in [2.75, 3.05) is 13.2 Å². The van der Waals surface area contributed by atoms with E-state index in [9.17, 15) is 18.7 Å². The first-order chi connectivity index (χ1) is 16.8. The number of rotatable bonds is 14. The van der Waals surface area contributed by atoms with Crippen molar-refractivity contribution >= 4 is 5.97 Å². The van der Waals surface area contributed by atoms with Crippen LogP contribution in [0.2, 0.25) is 0 Å². The number of hydrogen-bond acceptors (Lipinski definition) is 5. The number of halogens is 2. The topological polar surface area (TPSA) is 85.2 Å². The highest BCUT2D eigenvalue weighted by molar-refractivity contribution is 5.66. The molecule has 1 aromatic rings. The highest BCUT2D eigenvalue weighted by Gasteiger charge is 2.45. The van der Waals surface area contributed by atoms with Crippen molar-refractivity contribution in [2.24, 2.45) is 11.8 Å². The normalized spacial score (nSPS) is 27.3. The van der Waals surface area contributed by atoms with Crippen LogP contribution in [-0.4, -0.2) is 53.8 Å². The molecule has 8 heteroatoms. The smallest absolute Gasteiger partial charge is 0.303 e. The number of benzene rings is 1. The van der Waals surface area contributed by atoms with Gasteiger partial charge in [0.05, 0.1) is 12.2 Å². The third-order valence-electron chi connectivity index (χ3n) is 6.83. The van der Waals surface area contributed by atoms with E-state index in [0.717, 1.165) is 19.3 Å². The molecule has 1 heterocycles. The molecule has 1 saturated carbocycles. The van der Waals surface area contributed by atoms with Crippen LogP contribution in [0, 0.1) is 11.8 Å². The molecule has 2 N–H and O–H groups in total. The van der Waals surface area contributed by atoms with E-state index in [2.05, 4.69) is 0 Å². The molecular weight excluding hydrogens is 458 g/mol. The van der Waals surface area contributed by atoms with Crippen molar-refractivity contribution in [3.8, 4) is 5.75 Å². The third kappa shape index (κ3) is 9.50. The predicted molar refractivity (Wildman–Crippen MR) is 127 cm³/mol. The molecule has 2 fully saturated rings. The molecule has 0 spiro atoms. The van der Waals surface area contributed by atoms with Crippen LogP contribution in [0.5, 0.6) is 5.75 Å². The Hall–Kier alpha value is -2.03. The fourth-order valence-electron chi connectivity index (χ4n) is 4.95. The minimum atomic E-state index is -3.01. The Labute approximate surface area is 206 Å². The molecule has 1 saturated heterocycles. The number of ether oxygens (including phenoxy) is 3. The zero-order chi connectivity index (χ0) is 25.1. The molecule has 3 rings (SSSR count). The van der Waals surface area contributed by atoms with Crippen LogP contribution in [0.15, 0.2) is 42.5 Å². The second-order valence-electron chi connectivity index (χ2n) is 9.59. The number of hydrogen-bond donors (Lipinski definition) is 2. The quantitative estimate of drug-likeness (QED) is 0.258. The first-order valence-electron chi connectivity index (χ1n) is 12.7. The van der Waals surface area contributed by atoms with Crippen LogP contribution in [0.3, 0.4) is 0 Å². The second kappa shape index (κ2) is 13.9. The Morgan fingerprint density at radius 3 is 2.69 bits per heavy atom. The molecule has 1 aliphatic heterocycles. The number of aliphatic carboxylic acids is 1. The number of aliphatic hydroxyl groups excluding tert-OH is 1. The molecule has 0 bridgehead atoms. The van der Waals surface area contributed by atoms with Crippen LogP contribution in [0.1, 0.15) is 64.2 Å². The molecule has 1 unspecified atom stereocenters. The summed E-state index contributed by atoms with van der Waals surface area (Å²) in [5, 5.41) is 19.5. The number of allylic oxidation sites excluding steroid dienone is 2. The van der Waals surface area contributed by atoms with Crippen LogP contribution in [0.4, 0.5) is 8.78 Å². The summed E-state index contributed by atoms with van der Waals surface area (Å²) in [4.78, 5) is 10.7. The summed E-state index contributed by atoms with van der Waals surface area (Å²) < 4.78 is 46.6. The Kier molecular flexibility index (Phi) is 10.9. The van der Waals surface area contributed by atoms with Gasteiger partial charge in [0.1, 0.15) is 5.75 Å². The standard InChI is InChI=1S/C27H38F2O6/c28-27(29,19-34-20-10-4-3-5-11-20)16-15-22-21(12-6-1-2-7-13-25(31)32)23(30)18-24(22)35-26-14-8-9-17-33-26/h1,3-6,10-11,21-24,26,30H,2,7-9,12-19H2,(H,31,32)/b6-1-/t21-,22-,23-,24-,26?/m1/s1. The van der Waals surface area contributed by atoms with Crippen LogP contribution in [0.25, 0.3) is 0 Å². The maximum absolute atomic E-state index is 14.7. The lowest BCUT2D eigenvalue weighted by Crippen LogP contribution is -2.33. The number of aliphatic hydroxyl groups is 1. The Bertz CT molecular complexity index is 781. The predicted octanol–water partition coefficient (Wildman–Crippen LogP) is 5.59. The molecule has 0 aromatic heterocycles. The number of carboxylic acids is 1. The van der Waals surface area contributed by atoms with Gasteiger partial charge in [-0.05, 0) is 68.9 Å². The average Bonchev–Trinajstić information content (AvgIpc) is 3.13. The van der Waals surface area contributed by atoms with Gasteiger partial charge in [-0.1, -0.05) is 30.4 Å². The summed E-state index contributed by atoms with van der Waals surface area (Å²) in [7, 11) is 0. The zero-order valence-corrected chi connectivity index (χ0v) is 20.2. The fraction of sp³-hybridized carbons (Fsp3) is 0.667. The Morgan fingerprint density at radius 1 is 1.17 bits per heavy atom. The highest BCUT2D eigenvalue weighted by Crippen LogP contribution is 2.42. The van der Waals surface area contributed by atoms with Gasteiger partial charge in [-0.15, -0.1) is 0 Å². The Morgan fingerprint density at radius 2 is 1.97 bits per heavy atom. The van der Waals surface area contributed by atoms with E-state index < -0.39 is 24.6 Å². The highest BCUT2D eigenvalue weighted by atomic mass is 19.3. The van der Waals surface area contributed by atoms with E-state index in [0.29, 0.717) is 38.0 Å². The van der Waals surface area contributed by atoms with Crippen LogP contribution in [-0.2, 0) is 14.3 Å². The first kappa shape index (κ1) is 27.6. The van der Waals surface area contributed by atoms with Gasteiger partial charge >= 0.3 is 5.97 Å².